The number of benzene rings is 9. The van der Waals surface area contributed by atoms with E-state index >= 15 is 0 Å². The van der Waals surface area contributed by atoms with Crippen LogP contribution in [0, 0.1) is 0 Å². The number of hydrogen-bond donors (Lipinski definition) is 1. The number of nitrogens with zero attached hydrogens (tertiary/aromatic N) is 3. The molecule has 0 aliphatic rings. The fourth-order valence-corrected chi connectivity index (χ4v) is 8.20. The van der Waals surface area contributed by atoms with Crippen LogP contribution in [0.3, 0.4) is 0 Å². The van der Waals surface area contributed by atoms with E-state index in [1.165, 1.54) is 38.2 Å². The predicted molar refractivity (Wildman–Crippen MR) is 260 cm³/mol. The van der Waals surface area contributed by atoms with Crippen molar-refractivity contribution in [1.29, 1.82) is 0 Å². The highest BCUT2D eigenvalue weighted by Gasteiger charge is 2.14. The maximum absolute atomic E-state index is 6.70. The fourth-order valence-electron chi connectivity index (χ4n) is 8.20. The molecule has 0 saturated heterocycles. The lowest BCUT2D eigenvalue weighted by Gasteiger charge is -2.13. The molecule has 9 aromatic carbocycles. The normalized spacial score (nSPS) is 11.9. The molecule has 0 unspecified atom stereocenters. The SMILES string of the molecule is N/C(=N\C(=C/Cc1ccccc1)c1ccccc1)c1ccc(-c2cccc3c2ccc2c(-c4ccc(-c5nc(-c6ccccc6)cc(-c6ccccc6)n5)cc4)cccc23)cc1. The summed E-state index contributed by atoms with van der Waals surface area (Å²) < 4.78 is 0. The molecule has 0 bridgehead atoms. The van der Waals surface area contributed by atoms with Gasteiger partial charge in [-0.2, -0.15) is 0 Å². The molecule has 4 heteroatoms. The number of hydrogen-bond acceptors (Lipinski definition) is 3. The van der Waals surface area contributed by atoms with Crippen LogP contribution in [0.5, 0.6) is 0 Å². The van der Waals surface area contributed by atoms with Crippen molar-refractivity contribution < 1.29 is 0 Å². The van der Waals surface area contributed by atoms with Crippen molar-refractivity contribution in [3.05, 3.63) is 247 Å². The van der Waals surface area contributed by atoms with Crippen molar-refractivity contribution in [1.82, 2.24) is 9.97 Å². The van der Waals surface area contributed by atoms with E-state index in [0.717, 1.165) is 62.4 Å². The summed E-state index contributed by atoms with van der Waals surface area (Å²) in [5.74, 6) is 1.18. The highest BCUT2D eigenvalue weighted by Crippen LogP contribution is 2.38. The third-order valence-electron chi connectivity index (χ3n) is 11.4. The van der Waals surface area contributed by atoms with Gasteiger partial charge in [0.15, 0.2) is 5.82 Å². The number of fused-ring (bicyclic) bond motifs is 3. The zero-order valence-electron chi connectivity index (χ0n) is 34.1. The molecule has 1 heterocycles. The van der Waals surface area contributed by atoms with Crippen LogP contribution in [0.2, 0.25) is 0 Å². The second kappa shape index (κ2) is 17.2. The van der Waals surface area contributed by atoms with Crippen molar-refractivity contribution in [3.8, 4) is 56.2 Å². The lowest BCUT2D eigenvalue weighted by molar-refractivity contribution is 1.18. The van der Waals surface area contributed by atoms with Gasteiger partial charge in [0.25, 0.3) is 0 Å². The molecule has 10 rings (SSSR count). The van der Waals surface area contributed by atoms with Gasteiger partial charge >= 0.3 is 0 Å². The van der Waals surface area contributed by atoms with E-state index in [1.54, 1.807) is 0 Å². The van der Waals surface area contributed by atoms with E-state index in [2.05, 4.69) is 170 Å². The van der Waals surface area contributed by atoms with Crippen LogP contribution < -0.4 is 5.73 Å². The van der Waals surface area contributed by atoms with Crippen LogP contribution in [-0.2, 0) is 6.42 Å². The van der Waals surface area contributed by atoms with E-state index in [9.17, 15) is 0 Å². The third kappa shape index (κ3) is 7.93. The molecule has 0 radical (unpaired) electrons. The molecule has 62 heavy (non-hydrogen) atoms. The lowest BCUT2D eigenvalue weighted by Crippen LogP contribution is -2.13. The summed E-state index contributed by atoms with van der Waals surface area (Å²) in [6.45, 7) is 0. The van der Waals surface area contributed by atoms with Crippen LogP contribution in [-0.4, -0.2) is 15.8 Å². The van der Waals surface area contributed by atoms with Gasteiger partial charge in [-0.05, 0) is 67.4 Å². The van der Waals surface area contributed by atoms with Crippen molar-refractivity contribution in [2.45, 2.75) is 6.42 Å². The Bertz CT molecular complexity index is 3160. The van der Waals surface area contributed by atoms with Crippen LogP contribution in [0.15, 0.2) is 236 Å². The first-order valence-corrected chi connectivity index (χ1v) is 20.9. The molecule has 0 spiro atoms. The van der Waals surface area contributed by atoms with Gasteiger partial charge in [-0.25, -0.2) is 15.0 Å². The maximum atomic E-state index is 6.70. The Morgan fingerprint density at radius 3 is 1.40 bits per heavy atom. The van der Waals surface area contributed by atoms with E-state index in [4.69, 9.17) is 20.7 Å². The summed E-state index contributed by atoms with van der Waals surface area (Å²) in [7, 11) is 0. The third-order valence-corrected chi connectivity index (χ3v) is 11.4. The molecule has 0 atom stereocenters. The van der Waals surface area contributed by atoms with Crippen molar-refractivity contribution in [2.24, 2.45) is 10.7 Å². The minimum absolute atomic E-state index is 0.481. The first-order valence-electron chi connectivity index (χ1n) is 20.9. The first-order chi connectivity index (χ1) is 30.6. The maximum Gasteiger partial charge on any atom is 0.160 e. The Balaban J connectivity index is 0.949. The Kier molecular flexibility index (Phi) is 10.5. The molecule has 0 amide bonds. The van der Waals surface area contributed by atoms with E-state index in [-0.39, 0.29) is 0 Å². The smallest absolute Gasteiger partial charge is 0.160 e. The summed E-state index contributed by atoms with van der Waals surface area (Å²) in [5, 5.41) is 4.81. The Hall–Kier alpha value is -8.21. The van der Waals surface area contributed by atoms with Gasteiger partial charge in [0.1, 0.15) is 5.84 Å². The average Bonchev–Trinajstić information content (AvgIpc) is 3.36. The van der Waals surface area contributed by atoms with E-state index in [0.29, 0.717) is 11.7 Å². The van der Waals surface area contributed by atoms with Gasteiger partial charge in [-0.15, -0.1) is 0 Å². The van der Waals surface area contributed by atoms with Gasteiger partial charge in [-0.3, -0.25) is 0 Å². The van der Waals surface area contributed by atoms with Crippen LogP contribution >= 0.6 is 0 Å². The Morgan fingerprint density at radius 2 is 0.871 bits per heavy atom. The largest absolute Gasteiger partial charge is 0.383 e. The minimum Gasteiger partial charge on any atom is -0.383 e. The monoisotopic (exact) mass is 794 g/mol. The van der Waals surface area contributed by atoms with Crippen molar-refractivity contribution in [3.63, 3.8) is 0 Å². The molecule has 0 saturated carbocycles. The van der Waals surface area contributed by atoms with Crippen molar-refractivity contribution in [2.75, 3.05) is 0 Å². The van der Waals surface area contributed by atoms with Crippen LogP contribution in [0.25, 0.3) is 83.4 Å². The van der Waals surface area contributed by atoms with Crippen LogP contribution in [0.1, 0.15) is 16.7 Å². The number of rotatable bonds is 10. The fraction of sp³-hybridized carbons (Fsp3) is 0.0172. The second-order valence-electron chi connectivity index (χ2n) is 15.4. The van der Waals surface area contributed by atoms with Gasteiger partial charge in [0.05, 0.1) is 17.1 Å². The number of amidine groups is 1. The molecule has 0 aliphatic carbocycles. The Labute approximate surface area is 362 Å². The average molecular weight is 795 g/mol. The number of nitrogens with two attached hydrogens (primary N) is 1. The highest BCUT2D eigenvalue weighted by atomic mass is 14.9. The van der Waals surface area contributed by atoms with Gasteiger partial charge in [0.2, 0.25) is 0 Å². The summed E-state index contributed by atoms with van der Waals surface area (Å²) >= 11 is 0. The molecule has 10 aromatic rings. The summed E-state index contributed by atoms with van der Waals surface area (Å²) in [6.07, 6.45) is 2.91. The van der Waals surface area contributed by atoms with Crippen molar-refractivity contribution >= 4 is 33.1 Å². The number of aliphatic imine (C=N–C) groups is 1. The number of allylic oxidation sites excluding steroid dienone is 1. The molecule has 4 nitrogen and oxygen atoms in total. The van der Waals surface area contributed by atoms with E-state index in [1.807, 2.05) is 60.7 Å². The number of aromatic nitrogens is 2. The van der Waals surface area contributed by atoms with Gasteiger partial charge < -0.3 is 5.73 Å². The zero-order chi connectivity index (χ0) is 41.7. The second-order valence-corrected chi connectivity index (χ2v) is 15.4. The summed E-state index contributed by atoms with van der Waals surface area (Å²) in [4.78, 5) is 15.0. The topological polar surface area (TPSA) is 64.2 Å². The Morgan fingerprint density at radius 1 is 0.403 bits per heavy atom. The molecule has 0 aliphatic heterocycles. The standard InChI is InChI=1S/C58H42N4/c59-57(60-54(43-17-7-2-8-18-43)38-27-40-15-5-1-6-16-40)46-32-28-41(29-33-46)48-23-13-25-50-51-26-14-24-49(53(51)37-36-52(48)50)42-30-34-47(35-31-42)58-61-55(44-19-9-3-10-20-44)39-56(62-58)45-21-11-4-12-22-45/h1-26,28-39H,27H2,(H2,59,60)/b54-38-. The zero-order valence-corrected chi connectivity index (χ0v) is 34.1. The molecular weight excluding hydrogens is 753 g/mol. The molecule has 0 fully saturated rings. The first kappa shape index (κ1) is 38.0. The summed E-state index contributed by atoms with van der Waals surface area (Å²) in [5.41, 5.74) is 20.2. The van der Waals surface area contributed by atoms with Crippen LogP contribution in [0.4, 0.5) is 0 Å². The summed E-state index contributed by atoms with van der Waals surface area (Å²) in [6, 6.07) is 78.0. The molecule has 2 N–H and O–H groups in total. The predicted octanol–water partition coefficient (Wildman–Crippen LogP) is 14.1. The molecular formula is C58H42N4. The van der Waals surface area contributed by atoms with E-state index < -0.39 is 0 Å². The molecule has 294 valence electrons. The van der Waals surface area contributed by atoms with Gasteiger partial charge in [-0.1, -0.05) is 224 Å². The minimum atomic E-state index is 0.481. The van der Waals surface area contributed by atoms with Gasteiger partial charge in [0, 0.05) is 22.3 Å². The molecule has 1 aromatic heterocycles. The highest BCUT2D eigenvalue weighted by molar-refractivity contribution is 6.15. The quantitative estimate of drug-likeness (QED) is 0.0852. The lowest BCUT2D eigenvalue weighted by atomic mass is 9.91.